The fraction of sp³-hybridized carbons (Fsp3) is 0.143. The first-order chi connectivity index (χ1) is 13.4. The maximum atomic E-state index is 5.84. The van der Waals surface area contributed by atoms with E-state index in [4.69, 9.17) is 9.47 Å². The highest BCUT2D eigenvalue weighted by Gasteiger charge is 2.07. The molecule has 0 unspecified atom stereocenters. The first-order valence-electron chi connectivity index (χ1n) is 8.73. The van der Waals surface area contributed by atoms with Crippen LogP contribution in [0.3, 0.4) is 0 Å². The quantitative estimate of drug-likeness (QED) is 0.606. The first kappa shape index (κ1) is 16.9. The lowest BCUT2D eigenvalue weighted by atomic mass is 10.1. The zero-order valence-corrected chi connectivity index (χ0v) is 14.7. The van der Waals surface area contributed by atoms with E-state index in [1.807, 2.05) is 48.5 Å². The van der Waals surface area contributed by atoms with Gasteiger partial charge in [0.05, 0.1) is 13.2 Å². The number of benzene rings is 1. The molecule has 0 amide bonds. The molecule has 0 saturated carbocycles. The summed E-state index contributed by atoms with van der Waals surface area (Å²) in [4.78, 5) is 17.7. The molecular weight excluding hydrogens is 340 g/mol. The third-order valence-corrected chi connectivity index (χ3v) is 3.95. The van der Waals surface area contributed by atoms with Crippen molar-refractivity contribution < 1.29 is 9.47 Å². The van der Waals surface area contributed by atoms with Crippen molar-refractivity contribution in [3.63, 3.8) is 0 Å². The summed E-state index contributed by atoms with van der Waals surface area (Å²) >= 11 is 0. The standard InChI is InChI=1S/C21H18N4O2/c1-2-7-17-15-25-21-19(9-4-11-23-21)27-13-5-12-26-18-8-3-10-22-20(18)24-14-16(17)6-1/h1-4,6-11,14-15H,5,12-13H2/b24-14-,25-15-. The second-order valence-electron chi connectivity index (χ2n) is 5.85. The van der Waals surface area contributed by atoms with Crippen LogP contribution >= 0.6 is 0 Å². The monoisotopic (exact) mass is 358 g/mol. The molecule has 0 aliphatic carbocycles. The third kappa shape index (κ3) is 4.17. The molecule has 3 aromatic rings. The van der Waals surface area contributed by atoms with Gasteiger partial charge in [0.1, 0.15) is 0 Å². The van der Waals surface area contributed by atoms with Crippen LogP contribution in [0.4, 0.5) is 11.6 Å². The molecule has 6 nitrogen and oxygen atoms in total. The summed E-state index contributed by atoms with van der Waals surface area (Å²) in [6.45, 7) is 1.01. The van der Waals surface area contributed by atoms with Crippen LogP contribution in [0.2, 0.25) is 0 Å². The van der Waals surface area contributed by atoms with Gasteiger partial charge in [0.2, 0.25) is 0 Å². The van der Waals surface area contributed by atoms with Crippen LogP contribution in [0.25, 0.3) is 0 Å². The third-order valence-electron chi connectivity index (χ3n) is 3.95. The van der Waals surface area contributed by atoms with Gasteiger partial charge in [-0.25, -0.2) is 20.0 Å². The molecule has 27 heavy (non-hydrogen) atoms. The topological polar surface area (TPSA) is 69.0 Å². The van der Waals surface area contributed by atoms with Gasteiger partial charge in [0.15, 0.2) is 23.1 Å². The van der Waals surface area contributed by atoms with Gasteiger partial charge in [-0.05, 0) is 24.3 Å². The minimum absolute atomic E-state index is 0.504. The molecule has 0 atom stereocenters. The lowest BCUT2D eigenvalue weighted by Gasteiger charge is -2.09. The van der Waals surface area contributed by atoms with E-state index in [2.05, 4.69) is 20.0 Å². The minimum Gasteiger partial charge on any atom is -0.489 e. The van der Waals surface area contributed by atoms with Gasteiger partial charge in [0.25, 0.3) is 0 Å². The summed E-state index contributed by atoms with van der Waals surface area (Å²) in [6, 6.07) is 15.3. The van der Waals surface area contributed by atoms with E-state index in [0.717, 1.165) is 17.5 Å². The zero-order valence-electron chi connectivity index (χ0n) is 14.7. The van der Waals surface area contributed by atoms with E-state index in [1.165, 1.54) is 0 Å². The van der Waals surface area contributed by atoms with Crippen LogP contribution in [0.5, 0.6) is 11.5 Å². The highest BCUT2D eigenvalue weighted by Crippen LogP contribution is 2.26. The van der Waals surface area contributed by atoms with Crippen LogP contribution in [0, 0.1) is 0 Å². The normalized spacial score (nSPS) is 16.1. The zero-order chi connectivity index (χ0) is 18.3. The summed E-state index contributed by atoms with van der Waals surface area (Å²) in [5, 5.41) is 0. The average Bonchev–Trinajstić information content (AvgIpc) is 2.72. The van der Waals surface area contributed by atoms with Gasteiger partial charge in [-0.3, -0.25) is 0 Å². The molecule has 2 aromatic heterocycles. The highest BCUT2D eigenvalue weighted by molar-refractivity contribution is 5.95. The van der Waals surface area contributed by atoms with Crippen molar-refractivity contribution in [2.75, 3.05) is 13.2 Å². The molecule has 0 spiro atoms. The van der Waals surface area contributed by atoms with Crippen molar-refractivity contribution in [2.24, 2.45) is 9.98 Å². The molecule has 0 bridgehead atoms. The Morgan fingerprint density at radius 3 is 1.67 bits per heavy atom. The van der Waals surface area contributed by atoms with Crippen LogP contribution in [-0.4, -0.2) is 35.6 Å². The van der Waals surface area contributed by atoms with Gasteiger partial charge < -0.3 is 9.47 Å². The molecule has 134 valence electrons. The smallest absolute Gasteiger partial charge is 0.194 e. The number of aliphatic imine (C=N–C) groups is 2. The Kier molecular flexibility index (Phi) is 5.15. The summed E-state index contributed by atoms with van der Waals surface area (Å²) in [5.74, 6) is 2.39. The molecule has 0 saturated heterocycles. The van der Waals surface area contributed by atoms with Crippen LogP contribution in [0.15, 0.2) is 70.9 Å². The average molecular weight is 358 g/mol. The number of hydrogen-bond acceptors (Lipinski definition) is 6. The van der Waals surface area contributed by atoms with Gasteiger partial charge >= 0.3 is 0 Å². The van der Waals surface area contributed by atoms with Crippen LogP contribution < -0.4 is 9.47 Å². The second kappa shape index (κ2) is 8.23. The molecular formula is C21H18N4O2. The van der Waals surface area contributed by atoms with E-state index in [0.29, 0.717) is 36.3 Å². The van der Waals surface area contributed by atoms with E-state index in [9.17, 15) is 0 Å². The van der Waals surface area contributed by atoms with E-state index >= 15 is 0 Å². The molecule has 1 aliphatic rings. The number of fused-ring (bicyclic) bond motifs is 3. The van der Waals surface area contributed by atoms with Crippen molar-refractivity contribution in [1.29, 1.82) is 0 Å². The van der Waals surface area contributed by atoms with Gasteiger partial charge in [0, 0.05) is 42.4 Å². The predicted molar refractivity (Wildman–Crippen MR) is 105 cm³/mol. The molecule has 4 rings (SSSR count). The number of pyridine rings is 2. The number of nitrogens with zero attached hydrogens (tertiary/aromatic N) is 4. The van der Waals surface area contributed by atoms with Crippen molar-refractivity contribution in [3.05, 3.63) is 72.1 Å². The minimum atomic E-state index is 0.504. The molecule has 1 aromatic carbocycles. The molecule has 0 radical (unpaired) electrons. The van der Waals surface area contributed by atoms with E-state index < -0.39 is 0 Å². The van der Waals surface area contributed by atoms with Gasteiger partial charge in [-0.2, -0.15) is 0 Å². The number of hydrogen-bond donors (Lipinski definition) is 0. The predicted octanol–water partition coefficient (Wildman–Crippen LogP) is 4.14. The second-order valence-corrected chi connectivity index (χ2v) is 5.85. The molecule has 3 heterocycles. The first-order valence-corrected chi connectivity index (χ1v) is 8.73. The number of aromatic nitrogens is 2. The summed E-state index contributed by atoms with van der Waals surface area (Å²) in [5.41, 5.74) is 1.84. The highest BCUT2D eigenvalue weighted by atomic mass is 16.5. The Hall–Kier alpha value is -3.54. The van der Waals surface area contributed by atoms with Gasteiger partial charge in [-0.1, -0.05) is 24.3 Å². The summed E-state index contributed by atoms with van der Waals surface area (Å²) < 4.78 is 11.7. The molecule has 1 aliphatic heterocycles. The van der Waals surface area contributed by atoms with Crippen molar-refractivity contribution >= 4 is 24.1 Å². The maximum Gasteiger partial charge on any atom is 0.194 e. The summed E-state index contributed by atoms with van der Waals surface area (Å²) in [7, 11) is 0. The molecule has 6 heteroatoms. The Balaban J connectivity index is 1.74. The summed E-state index contributed by atoms with van der Waals surface area (Å²) in [6.07, 6.45) is 7.66. The lowest BCUT2D eigenvalue weighted by Crippen LogP contribution is -2.05. The maximum absolute atomic E-state index is 5.84. The molecule has 0 fully saturated rings. The SMILES string of the molecule is C1=N\c2ncccc2OCCCOc2cccnc2/N=C\c2ccccc2/1. The number of rotatable bonds is 0. The fourth-order valence-corrected chi connectivity index (χ4v) is 2.61. The number of ether oxygens (including phenoxy) is 2. The van der Waals surface area contributed by atoms with E-state index in [-0.39, 0.29) is 0 Å². The molecule has 0 N–H and O–H groups in total. The Morgan fingerprint density at radius 1 is 0.630 bits per heavy atom. The van der Waals surface area contributed by atoms with Crippen molar-refractivity contribution in [2.45, 2.75) is 6.42 Å². The Morgan fingerprint density at radius 2 is 1.15 bits per heavy atom. The largest absolute Gasteiger partial charge is 0.489 e. The Bertz CT molecular complexity index is 907. The Labute approximate surface area is 157 Å². The van der Waals surface area contributed by atoms with E-state index in [1.54, 1.807) is 24.8 Å². The van der Waals surface area contributed by atoms with Crippen LogP contribution in [-0.2, 0) is 0 Å². The van der Waals surface area contributed by atoms with Crippen molar-refractivity contribution in [1.82, 2.24) is 9.97 Å². The fourth-order valence-electron chi connectivity index (χ4n) is 2.61. The van der Waals surface area contributed by atoms with Crippen LogP contribution in [0.1, 0.15) is 17.5 Å². The van der Waals surface area contributed by atoms with Gasteiger partial charge in [-0.15, -0.1) is 0 Å². The van der Waals surface area contributed by atoms with Crippen molar-refractivity contribution in [3.8, 4) is 11.5 Å². The lowest BCUT2D eigenvalue weighted by molar-refractivity contribution is 0.247.